The fourth-order valence-electron chi connectivity index (χ4n) is 3.22. The standard InChI is InChI=1S/C21H33NO4/c1-5-6-10-13-21(24)14-15-22(19(23)26-20(2,3)4)16-18(21)25-17-11-8-7-9-12-17/h7-9,11-12,18,24H,5-6,10,13-16H2,1-4H3/t18-,21-/m0/s1. The number of likely N-dealkylation sites (tertiary alicyclic amines) is 1. The molecule has 146 valence electrons. The number of hydrogen-bond acceptors (Lipinski definition) is 4. The monoisotopic (exact) mass is 363 g/mol. The molecule has 0 saturated carbocycles. The summed E-state index contributed by atoms with van der Waals surface area (Å²) in [5.41, 5.74) is -1.47. The van der Waals surface area contributed by atoms with E-state index in [0.717, 1.165) is 19.3 Å². The van der Waals surface area contributed by atoms with Gasteiger partial charge in [0.2, 0.25) is 0 Å². The minimum atomic E-state index is -0.927. The number of aliphatic hydroxyl groups is 1. The molecule has 0 spiro atoms. The lowest BCUT2D eigenvalue weighted by atomic mass is 9.83. The fourth-order valence-corrected chi connectivity index (χ4v) is 3.22. The maximum atomic E-state index is 12.4. The molecule has 1 aliphatic rings. The van der Waals surface area contributed by atoms with E-state index in [2.05, 4.69) is 6.92 Å². The van der Waals surface area contributed by atoms with Gasteiger partial charge in [-0.1, -0.05) is 44.4 Å². The number of carbonyl (C=O) groups excluding carboxylic acids is 1. The normalized spacial score (nSPS) is 23.6. The van der Waals surface area contributed by atoms with Crippen molar-refractivity contribution < 1.29 is 19.4 Å². The smallest absolute Gasteiger partial charge is 0.410 e. The van der Waals surface area contributed by atoms with Crippen LogP contribution in [0.4, 0.5) is 4.79 Å². The number of nitrogens with zero attached hydrogens (tertiary/aromatic N) is 1. The molecule has 1 aliphatic heterocycles. The lowest BCUT2D eigenvalue weighted by molar-refractivity contribution is -0.111. The minimum Gasteiger partial charge on any atom is -0.486 e. The topological polar surface area (TPSA) is 59.0 Å². The van der Waals surface area contributed by atoms with Crippen LogP contribution in [-0.4, -0.2) is 46.5 Å². The number of carbonyl (C=O) groups is 1. The first-order valence-corrected chi connectivity index (χ1v) is 9.65. The Hall–Kier alpha value is -1.75. The number of para-hydroxylation sites is 1. The summed E-state index contributed by atoms with van der Waals surface area (Å²) in [6, 6.07) is 9.48. The van der Waals surface area contributed by atoms with E-state index >= 15 is 0 Å². The van der Waals surface area contributed by atoms with Crippen molar-refractivity contribution in [3.63, 3.8) is 0 Å². The predicted octanol–water partition coefficient (Wildman–Crippen LogP) is 4.39. The third kappa shape index (κ3) is 5.90. The third-order valence-electron chi connectivity index (χ3n) is 4.69. The summed E-state index contributed by atoms with van der Waals surface area (Å²) in [5.74, 6) is 0.706. The van der Waals surface area contributed by atoms with E-state index in [-0.39, 0.29) is 6.09 Å². The molecule has 2 rings (SSSR count). The number of hydrogen-bond donors (Lipinski definition) is 1. The summed E-state index contributed by atoms with van der Waals surface area (Å²) < 4.78 is 11.6. The molecule has 1 fully saturated rings. The van der Waals surface area contributed by atoms with Crippen LogP contribution in [-0.2, 0) is 4.74 Å². The Morgan fingerprint density at radius 3 is 2.58 bits per heavy atom. The maximum absolute atomic E-state index is 12.4. The van der Waals surface area contributed by atoms with E-state index in [0.29, 0.717) is 31.7 Å². The Bertz CT molecular complexity index is 569. The highest BCUT2D eigenvalue weighted by Crippen LogP contribution is 2.32. The molecule has 2 atom stereocenters. The molecular weight excluding hydrogens is 330 g/mol. The zero-order valence-corrected chi connectivity index (χ0v) is 16.5. The van der Waals surface area contributed by atoms with Gasteiger partial charge in [0, 0.05) is 6.54 Å². The summed E-state index contributed by atoms with van der Waals surface area (Å²) in [6.45, 7) is 8.52. The molecule has 1 aromatic carbocycles. The second-order valence-electron chi connectivity index (χ2n) is 8.16. The van der Waals surface area contributed by atoms with Gasteiger partial charge in [-0.25, -0.2) is 4.79 Å². The second kappa shape index (κ2) is 8.76. The molecular formula is C21H33NO4. The van der Waals surface area contributed by atoms with E-state index in [9.17, 15) is 9.90 Å². The summed E-state index contributed by atoms with van der Waals surface area (Å²) in [4.78, 5) is 14.1. The molecule has 1 aromatic rings. The quantitative estimate of drug-likeness (QED) is 0.762. The van der Waals surface area contributed by atoms with E-state index in [1.807, 2.05) is 51.1 Å². The van der Waals surface area contributed by atoms with Gasteiger partial charge in [0.15, 0.2) is 0 Å². The largest absolute Gasteiger partial charge is 0.486 e. The van der Waals surface area contributed by atoms with Gasteiger partial charge < -0.3 is 19.5 Å². The first-order chi connectivity index (χ1) is 12.2. The van der Waals surface area contributed by atoms with Crippen LogP contribution in [0.25, 0.3) is 0 Å². The van der Waals surface area contributed by atoms with E-state index < -0.39 is 17.3 Å². The van der Waals surface area contributed by atoms with Gasteiger partial charge in [-0.15, -0.1) is 0 Å². The van der Waals surface area contributed by atoms with Gasteiger partial charge in [0.1, 0.15) is 23.1 Å². The van der Waals surface area contributed by atoms with Crippen molar-refractivity contribution in [3.05, 3.63) is 30.3 Å². The number of unbranched alkanes of at least 4 members (excludes halogenated alkanes) is 2. The van der Waals surface area contributed by atoms with Crippen LogP contribution >= 0.6 is 0 Å². The third-order valence-corrected chi connectivity index (χ3v) is 4.69. The molecule has 1 amide bonds. The van der Waals surface area contributed by atoms with Crippen molar-refractivity contribution in [2.45, 2.75) is 77.1 Å². The maximum Gasteiger partial charge on any atom is 0.410 e. The minimum absolute atomic E-state index is 0.326. The lowest BCUT2D eigenvalue weighted by Crippen LogP contribution is -2.59. The molecule has 0 aromatic heterocycles. The van der Waals surface area contributed by atoms with Crippen molar-refractivity contribution in [1.82, 2.24) is 4.90 Å². The van der Waals surface area contributed by atoms with Crippen molar-refractivity contribution in [2.75, 3.05) is 13.1 Å². The highest BCUT2D eigenvalue weighted by molar-refractivity contribution is 5.68. The number of benzene rings is 1. The molecule has 5 heteroatoms. The van der Waals surface area contributed by atoms with Gasteiger partial charge in [-0.3, -0.25) is 0 Å². The van der Waals surface area contributed by atoms with Gasteiger partial charge in [-0.2, -0.15) is 0 Å². The fraction of sp³-hybridized carbons (Fsp3) is 0.667. The Morgan fingerprint density at radius 1 is 1.27 bits per heavy atom. The average molecular weight is 363 g/mol. The molecule has 26 heavy (non-hydrogen) atoms. The van der Waals surface area contributed by atoms with Gasteiger partial charge >= 0.3 is 6.09 Å². The van der Waals surface area contributed by atoms with Crippen molar-refractivity contribution in [2.24, 2.45) is 0 Å². The number of amides is 1. The van der Waals surface area contributed by atoms with Crippen molar-refractivity contribution in [3.8, 4) is 5.75 Å². The highest BCUT2D eigenvalue weighted by Gasteiger charge is 2.44. The molecule has 1 N–H and O–H groups in total. The number of piperidine rings is 1. The molecule has 0 bridgehead atoms. The van der Waals surface area contributed by atoms with Crippen LogP contribution in [0.15, 0.2) is 30.3 Å². The first-order valence-electron chi connectivity index (χ1n) is 9.65. The zero-order valence-electron chi connectivity index (χ0n) is 16.5. The summed E-state index contributed by atoms with van der Waals surface area (Å²) in [5, 5.41) is 11.2. The van der Waals surface area contributed by atoms with Crippen LogP contribution in [0.5, 0.6) is 5.75 Å². The van der Waals surface area contributed by atoms with Crippen LogP contribution in [0.1, 0.15) is 59.8 Å². The average Bonchev–Trinajstić information content (AvgIpc) is 2.56. The van der Waals surface area contributed by atoms with Crippen LogP contribution < -0.4 is 4.74 Å². The Morgan fingerprint density at radius 2 is 1.96 bits per heavy atom. The summed E-state index contributed by atoms with van der Waals surface area (Å²) >= 11 is 0. The molecule has 1 saturated heterocycles. The van der Waals surface area contributed by atoms with E-state index in [1.54, 1.807) is 4.90 Å². The Balaban J connectivity index is 2.11. The molecule has 0 aliphatic carbocycles. The first kappa shape index (κ1) is 20.6. The van der Waals surface area contributed by atoms with Gasteiger partial charge in [0.25, 0.3) is 0 Å². The Labute approximate surface area is 157 Å². The van der Waals surface area contributed by atoms with Gasteiger partial charge in [-0.05, 0) is 45.7 Å². The van der Waals surface area contributed by atoms with Crippen molar-refractivity contribution >= 4 is 6.09 Å². The SMILES string of the molecule is CCCCC[C@]1(O)CCN(C(=O)OC(C)(C)C)C[C@@H]1Oc1ccccc1. The van der Waals surface area contributed by atoms with Gasteiger partial charge in [0.05, 0.1) is 6.54 Å². The summed E-state index contributed by atoms with van der Waals surface area (Å²) in [6.07, 6.45) is 3.49. The second-order valence-corrected chi connectivity index (χ2v) is 8.16. The number of rotatable bonds is 6. The lowest BCUT2D eigenvalue weighted by Gasteiger charge is -2.44. The number of ether oxygens (including phenoxy) is 2. The van der Waals surface area contributed by atoms with Crippen LogP contribution in [0, 0.1) is 0 Å². The Kier molecular flexibility index (Phi) is 6.93. The highest BCUT2D eigenvalue weighted by atomic mass is 16.6. The molecule has 5 nitrogen and oxygen atoms in total. The van der Waals surface area contributed by atoms with E-state index in [1.165, 1.54) is 0 Å². The van der Waals surface area contributed by atoms with E-state index in [4.69, 9.17) is 9.47 Å². The zero-order chi connectivity index (χ0) is 19.2. The van der Waals surface area contributed by atoms with Crippen molar-refractivity contribution in [1.29, 1.82) is 0 Å². The molecule has 1 heterocycles. The summed E-state index contributed by atoms with van der Waals surface area (Å²) in [7, 11) is 0. The van der Waals surface area contributed by atoms with Crippen LogP contribution in [0.2, 0.25) is 0 Å². The predicted molar refractivity (Wildman–Crippen MR) is 102 cm³/mol. The van der Waals surface area contributed by atoms with Crippen LogP contribution in [0.3, 0.4) is 0 Å². The molecule has 0 radical (unpaired) electrons. The molecule has 0 unspecified atom stereocenters.